The number of aryl methyl sites for hydroxylation is 1. The minimum atomic E-state index is -3.43. The smallest absolute Gasteiger partial charge is 0.232 e. The number of carbonyl (C=O) groups is 1. The maximum atomic E-state index is 12.6. The molecule has 168 valence electrons. The van der Waals surface area contributed by atoms with E-state index in [0.29, 0.717) is 31.9 Å². The highest BCUT2D eigenvalue weighted by Crippen LogP contribution is 2.34. The molecule has 31 heavy (non-hydrogen) atoms. The van der Waals surface area contributed by atoms with Crippen LogP contribution >= 0.6 is 0 Å². The topological polar surface area (TPSA) is 75.7 Å². The number of nitrogens with zero attached hydrogens (tertiary/aromatic N) is 1. The van der Waals surface area contributed by atoms with E-state index in [1.54, 1.807) is 6.07 Å². The molecule has 2 aromatic rings. The Hall–Kier alpha value is -2.38. The maximum Gasteiger partial charge on any atom is 0.232 e. The van der Waals surface area contributed by atoms with Gasteiger partial charge in [-0.2, -0.15) is 0 Å². The van der Waals surface area contributed by atoms with Crippen LogP contribution in [0.1, 0.15) is 36.8 Å². The van der Waals surface area contributed by atoms with Gasteiger partial charge in [-0.1, -0.05) is 48.5 Å². The van der Waals surface area contributed by atoms with Crippen molar-refractivity contribution in [2.45, 2.75) is 38.0 Å². The van der Waals surface area contributed by atoms with Crippen LogP contribution in [0.2, 0.25) is 0 Å². The van der Waals surface area contributed by atoms with Crippen molar-refractivity contribution < 1.29 is 17.9 Å². The first kappa shape index (κ1) is 23.3. The molecule has 3 rings (SSSR count). The lowest BCUT2D eigenvalue weighted by Crippen LogP contribution is -2.44. The van der Waals surface area contributed by atoms with E-state index in [9.17, 15) is 13.2 Å². The van der Waals surface area contributed by atoms with E-state index >= 15 is 0 Å². The lowest BCUT2D eigenvalue weighted by Gasteiger charge is -2.38. The van der Waals surface area contributed by atoms with Gasteiger partial charge in [-0.15, -0.1) is 0 Å². The summed E-state index contributed by atoms with van der Waals surface area (Å²) in [5, 5.41) is 3.09. The van der Waals surface area contributed by atoms with Crippen molar-refractivity contribution in [3.05, 3.63) is 65.7 Å². The number of anilines is 1. The summed E-state index contributed by atoms with van der Waals surface area (Å²) in [7, 11) is -3.43. The molecule has 0 atom stereocenters. The summed E-state index contributed by atoms with van der Waals surface area (Å²) in [5.41, 5.74) is 2.66. The fraction of sp³-hybridized carbons (Fsp3) is 0.458. The quantitative estimate of drug-likeness (QED) is 0.643. The molecule has 1 aliphatic heterocycles. The predicted octanol–water partition coefficient (Wildman–Crippen LogP) is 3.41. The predicted molar refractivity (Wildman–Crippen MR) is 124 cm³/mol. The molecule has 0 spiro atoms. The Morgan fingerprint density at radius 1 is 1.06 bits per heavy atom. The third kappa shape index (κ3) is 6.08. The van der Waals surface area contributed by atoms with Crippen LogP contribution in [-0.2, 0) is 25.0 Å². The van der Waals surface area contributed by atoms with Crippen molar-refractivity contribution in [3.63, 3.8) is 0 Å². The van der Waals surface area contributed by atoms with Gasteiger partial charge in [0.05, 0.1) is 11.9 Å². The molecule has 1 saturated heterocycles. The Morgan fingerprint density at radius 2 is 1.71 bits per heavy atom. The molecule has 0 aromatic heterocycles. The van der Waals surface area contributed by atoms with E-state index < -0.39 is 10.0 Å². The van der Waals surface area contributed by atoms with E-state index in [-0.39, 0.29) is 24.3 Å². The number of rotatable bonds is 9. The van der Waals surface area contributed by atoms with Crippen molar-refractivity contribution in [2.75, 3.05) is 36.9 Å². The number of sulfonamides is 1. The fourth-order valence-corrected chi connectivity index (χ4v) is 5.19. The number of nitrogens with one attached hydrogen (secondary N) is 1. The molecule has 1 fully saturated rings. The minimum Gasteiger partial charge on any atom is -0.381 e. The normalized spacial score (nSPS) is 15.9. The molecule has 2 aromatic carbocycles. The van der Waals surface area contributed by atoms with E-state index in [2.05, 4.69) is 17.4 Å². The largest absolute Gasteiger partial charge is 0.381 e. The summed E-state index contributed by atoms with van der Waals surface area (Å²) < 4.78 is 31.6. The second-order valence-electron chi connectivity index (χ2n) is 8.26. The van der Waals surface area contributed by atoms with Gasteiger partial charge in [0.2, 0.25) is 15.9 Å². The molecule has 0 radical (unpaired) electrons. The Labute approximate surface area is 185 Å². The monoisotopic (exact) mass is 444 g/mol. The first-order valence-corrected chi connectivity index (χ1v) is 12.6. The van der Waals surface area contributed by atoms with Crippen LogP contribution in [0, 0.1) is 6.92 Å². The zero-order chi connectivity index (χ0) is 22.3. The highest BCUT2D eigenvalue weighted by molar-refractivity contribution is 7.92. The van der Waals surface area contributed by atoms with Gasteiger partial charge >= 0.3 is 0 Å². The third-order valence-electron chi connectivity index (χ3n) is 6.01. The molecule has 1 N–H and O–H groups in total. The fourth-order valence-electron chi connectivity index (χ4n) is 4.17. The number of carbonyl (C=O) groups excluding carboxylic acids is 1. The molecular formula is C24H32N2O4S. The number of ether oxygens (including phenoxy) is 1. The molecule has 0 saturated carbocycles. The average molecular weight is 445 g/mol. The Bertz CT molecular complexity index is 970. The average Bonchev–Trinajstić information content (AvgIpc) is 2.76. The molecular weight excluding hydrogens is 412 g/mol. The summed E-state index contributed by atoms with van der Waals surface area (Å²) in [6.45, 7) is 4.09. The van der Waals surface area contributed by atoms with Crippen LogP contribution in [0.25, 0.3) is 0 Å². The summed E-state index contributed by atoms with van der Waals surface area (Å²) in [6, 6.07) is 17.7. The Morgan fingerprint density at radius 3 is 2.35 bits per heavy atom. The molecule has 6 nitrogen and oxygen atoms in total. The van der Waals surface area contributed by atoms with Gasteiger partial charge in [0, 0.05) is 38.1 Å². The second-order valence-corrected chi connectivity index (χ2v) is 10.2. The number of hydrogen-bond acceptors (Lipinski definition) is 4. The van der Waals surface area contributed by atoms with Crippen LogP contribution < -0.4 is 9.62 Å². The first-order chi connectivity index (χ1) is 14.8. The zero-order valence-corrected chi connectivity index (χ0v) is 19.2. The Balaban J connectivity index is 1.58. The van der Waals surface area contributed by atoms with Gasteiger partial charge in [-0.05, 0) is 43.4 Å². The number of hydrogen-bond donors (Lipinski definition) is 1. The zero-order valence-electron chi connectivity index (χ0n) is 18.3. The van der Waals surface area contributed by atoms with E-state index in [1.165, 1.54) is 16.1 Å². The van der Waals surface area contributed by atoms with Crippen LogP contribution in [-0.4, -0.2) is 46.9 Å². The van der Waals surface area contributed by atoms with Gasteiger partial charge in [-0.3, -0.25) is 9.10 Å². The van der Waals surface area contributed by atoms with Crippen molar-refractivity contribution in [3.8, 4) is 0 Å². The third-order valence-corrected chi connectivity index (χ3v) is 7.19. The second kappa shape index (κ2) is 10.3. The molecule has 1 aliphatic rings. The lowest BCUT2D eigenvalue weighted by atomic mass is 9.74. The molecule has 1 heterocycles. The molecule has 7 heteroatoms. The SMILES string of the molecule is Cc1ccccc1N(CCCC(=O)NCC1(c2ccccc2)CCOCC1)S(C)(=O)=O. The van der Waals surface area contributed by atoms with Gasteiger partial charge in [-0.25, -0.2) is 8.42 Å². The molecule has 0 unspecified atom stereocenters. The molecule has 0 bridgehead atoms. The van der Waals surface area contributed by atoms with Crippen LogP contribution in [0.15, 0.2) is 54.6 Å². The van der Waals surface area contributed by atoms with Crippen LogP contribution in [0.4, 0.5) is 5.69 Å². The number of amides is 1. The van der Waals surface area contributed by atoms with E-state index in [0.717, 1.165) is 18.4 Å². The standard InChI is InChI=1S/C24H32N2O4S/c1-20-9-6-7-12-22(20)26(31(2,28)29)16-8-13-23(27)25-19-24(14-17-30-18-15-24)21-10-4-3-5-11-21/h3-7,9-12H,8,13-19H2,1-2H3,(H,25,27). The Kier molecular flexibility index (Phi) is 7.73. The number of benzene rings is 2. The highest BCUT2D eigenvalue weighted by Gasteiger charge is 2.34. The van der Waals surface area contributed by atoms with E-state index in [1.807, 2.05) is 43.3 Å². The number of para-hydroxylation sites is 1. The van der Waals surface area contributed by atoms with Gasteiger partial charge in [0.1, 0.15) is 0 Å². The summed E-state index contributed by atoms with van der Waals surface area (Å²) in [4.78, 5) is 12.6. The van der Waals surface area contributed by atoms with Crippen molar-refractivity contribution in [2.24, 2.45) is 0 Å². The first-order valence-electron chi connectivity index (χ1n) is 10.8. The summed E-state index contributed by atoms with van der Waals surface area (Å²) in [5.74, 6) is -0.0555. The van der Waals surface area contributed by atoms with Gasteiger partial charge in [0.15, 0.2) is 0 Å². The van der Waals surface area contributed by atoms with Crippen LogP contribution in [0.5, 0.6) is 0 Å². The maximum absolute atomic E-state index is 12.6. The van der Waals surface area contributed by atoms with Crippen molar-refractivity contribution in [1.29, 1.82) is 0 Å². The minimum absolute atomic E-state index is 0.0555. The van der Waals surface area contributed by atoms with Crippen molar-refractivity contribution in [1.82, 2.24) is 5.32 Å². The molecule has 1 amide bonds. The van der Waals surface area contributed by atoms with Crippen molar-refractivity contribution >= 4 is 21.6 Å². The highest BCUT2D eigenvalue weighted by atomic mass is 32.2. The lowest BCUT2D eigenvalue weighted by molar-refractivity contribution is -0.121. The molecule has 0 aliphatic carbocycles. The van der Waals surface area contributed by atoms with Gasteiger partial charge < -0.3 is 10.1 Å². The van der Waals surface area contributed by atoms with Crippen LogP contribution in [0.3, 0.4) is 0 Å². The van der Waals surface area contributed by atoms with Gasteiger partial charge in [0.25, 0.3) is 0 Å². The van der Waals surface area contributed by atoms with E-state index in [4.69, 9.17) is 4.74 Å². The summed E-state index contributed by atoms with van der Waals surface area (Å²) in [6.07, 6.45) is 3.67. The summed E-state index contributed by atoms with van der Waals surface area (Å²) >= 11 is 0.